The molecule has 0 heterocycles. The van der Waals surface area contributed by atoms with Crippen LogP contribution in [0.2, 0.25) is 0 Å². The van der Waals surface area contributed by atoms with Crippen molar-refractivity contribution in [2.75, 3.05) is 6.54 Å². The summed E-state index contributed by atoms with van der Waals surface area (Å²) in [6.07, 6.45) is -6.83. The van der Waals surface area contributed by atoms with Crippen molar-refractivity contribution in [3.8, 4) is 16.9 Å². The first kappa shape index (κ1) is 24.1. The third-order valence-corrected chi connectivity index (χ3v) is 6.12. The molecule has 0 aliphatic heterocycles. The smallest absolute Gasteiger partial charge is 0.416 e. The number of rotatable bonds is 5. The Kier molecular flexibility index (Phi) is 6.62. The molecule has 2 nitrogen and oxygen atoms in total. The first-order valence-electron chi connectivity index (χ1n) is 10.9. The summed E-state index contributed by atoms with van der Waals surface area (Å²) in [5.74, 6) is 1.21. The third-order valence-electron chi connectivity index (χ3n) is 6.12. The highest BCUT2D eigenvalue weighted by molar-refractivity contribution is 5.66. The molecule has 1 aliphatic rings. The van der Waals surface area contributed by atoms with Crippen LogP contribution in [0.3, 0.4) is 0 Å². The lowest BCUT2D eigenvalue weighted by Gasteiger charge is -2.23. The van der Waals surface area contributed by atoms with Gasteiger partial charge in [0.05, 0.1) is 11.1 Å². The van der Waals surface area contributed by atoms with Gasteiger partial charge >= 0.3 is 12.4 Å². The number of hydrogen-bond acceptors (Lipinski definition) is 2. The highest BCUT2D eigenvalue weighted by atomic mass is 19.4. The second-order valence-electron chi connectivity index (χ2n) is 8.56. The van der Waals surface area contributed by atoms with Gasteiger partial charge in [0, 0.05) is 0 Å². The second-order valence-corrected chi connectivity index (χ2v) is 8.56. The number of aryl methyl sites for hydroxylation is 1. The maximum absolute atomic E-state index is 13.1. The van der Waals surface area contributed by atoms with Crippen molar-refractivity contribution in [2.24, 2.45) is 11.7 Å². The molecule has 0 spiro atoms. The molecule has 0 radical (unpaired) electrons. The van der Waals surface area contributed by atoms with Crippen LogP contribution in [-0.2, 0) is 31.8 Å². The highest BCUT2D eigenvalue weighted by Gasteiger charge is 2.37. The fourth-order valence-electron chi connectivity index (χ4n) is 4.18. The molecule has 0 saturated carbocycles. The van der Waals surface area contributed by atoms with Gasteiger partial charge in [-0.3, -0.25) is 0 Å². The van der Waals surface area contributed by atoms with Gasteiger partial charge in [-0.15, -0.1) is 0 Å². The molecule has 3 aromatic rings. The number of halogens is 6. The summed E-state index contributed by atoms with van der Waals surface area (Å²) < 4.78 is 84.6. The molecule has 3 aromatic carbocycles. The van der Waals surface area contributed by atoms with E-state index in [1.165, 1.54) is 23.3 Å². The van der Waals surface area contributed by atoms with E-state index in [-0.39, 0.29) is 23.8 Å². The lowest BCUT2D eigenvalue weighted by Crippen LogP contribution is -2.22. The first-order valence-corrected chi connectivity index (χ1v) is 10.9. The second kappa shape index (κ2) is 9.33. The van der Waals surface area contributed by atoms with Crippen LogP contribution in [0.15, 0.2) is 60.7 Å². The Balaban J connectivity index is 1.49. The van der Waals surface area contributed by atoms with Gasteiger partial charge in [0.15, 0.2) is 0 Å². The molecular weight excluding hydrogens is 456 g/mol. The number of benzene rings is 3. The van der Waals surface area contributed by atoms with Crippen LogP contribution in [0, 0.1) is 5.92 Å². The van der Waals surface area contributed by atoms with Crippen LogP contribution in [0.25, 0.3) is 11.1 Å². The van der Waals surface area contributed by atoms with E-state index in [0.717, 1.165) is 37.0 Å². The highest BCUT2D eigenvalue weighted by Crippen LogP contribution is 2.38. The zero-order valence-corrected chi connectivity index (χ0v) is 18.1. The number of fused-ring (bicyclic) bond motifs is 1. The zero-order valence-electron chi connectivity index (χ0n) is 18.1. The molecule has 34 heavy (non-hydrogen) atoms. The van der Waals surface area contributed by atoms with Gasteiger partial charge in [0.1, 0.15) is 12.4 Å². The van der Waals surface area contributed by atoms with E-state index in [1.807, 2.05) is 18.2 Å². The van der Waals surface area contributed by atoms with E-state index in [9.17, 15) is 26.3 Å². The number of alkyl halides is 6. The normalized spacial score (nSPS) is 16.3. The van der Waals surface area contributed by atoms with Crippen LogP contribution in [0.1, 0.15) is 34.2 Å². The quantitative estimate of drug-likeness (QED) is 0.399. The summed E-state index contributed by atoms with van der Waals surface area (Å²) in [5, 5.41) is 0. The van der Waals surface area contributed by atoms with Crippen molar-refractivity contribution < 1.29 is 31.1 Å². The molecular formula is C26H23F6NO. The summed E-state index contributed by atoms with van der Waals surface area (Å²) in [6.45, 7) is 0.895. The molecule has 8 heteroatoms. The van der Waals surface area contributed by atoms with Crippen molar-refractivity contribution in [3.05, 3.63) is 88.5 Å². The fourth-order valence-corrected chi connectivity index (χ4v) is 4.18. The molecule has 4 rings (SSSR count). The van der Waals surface area contributed by atoms with Gasteiger partial charge in [0.2, 0.25) is 0 Å². The third kappa shape index (κ3) is 5.55. The molecule has 0 aromatic heterocycles. The lowest BCUT2D eigenvalue weighted by atomic mass is 9.84. The first-order chi connectivity index (χ1) is 16.0. The van der Waals surface area contributed by atoms with Gasteiger partial charge < -0.3 is 10.5 Å². The Hall–Kier alpha value is -3.00. The Bertz CT molecular complexity index is 1120. The number of hydrogen-bond donors (Lipinski definition) is 1. The van der Waals surface area contributed by atoms with Crippen LogP contribution in [0.5, 0.6) is 5.75 Å². The minimum absolute atomic E-state index is 0.125. The van der Waals surface area contributed by atoms with E-state index < -0.39 is 23.5 Å². The van der Waals surface area contributed by atoms with E-state index in [0.29, 0.717) is 18.2 Å². The molecule has 1 aliphatic carbocycles. The number of nitrogens with two attached hydrogens (primary N) is 1. The molecule has 1 unspecified atom stereocenters. The van der Waals surface area contributed by atoms with Crippen molar-refractivity contribution in [3.63, 3.8) is 0 Å². The molecule has 0 bridgehead atoms. The molecule has 2 N–H and O–H groups in total. The van der Waals surface area contributed by atoms with Crippen LogP contribution < -0.4 is 10.5 Å². The van der Waals surface area contributed by atoms with Crippen LogP contribution in [-0.4, -0.2) is 6.54 Å². The monoisotopic (exact) mass is 479 g/mol. The van der Waals surface area contributed by atoms with Gasteiger partial charge in [-0.1, -0.05) is 30.3 Å². The average Bonchev–Trinajstić information content (AvgIpc) is 2.81. The van der Waals surface area contributed by atoms with Crippen molar-refractivity contribution >= 4 is 0 Å². The minimum atomic E-state index is -4.89. The summed E-state index contributed by atoms with van der Waals surface area (Å²) in [5.41, 5.74) is 6.46. The van der Waals surface area contributed by atoms with Crippen molar-refractivity contribution in [2.45, 2.75) is 38.2 Å². The zero-order chi connectivity index (χ0) is 24.5. The molecule has 1 atom stereocenters. The van der Waals surface area contributed by atoms with E-state index in [2.05, 4.69) is 0 Å². The Labute approximate surface area is 193 Å². The predicted molar refractivity (Wildman–Crippen MR) is 117 cm³/mol. The number of ether oxygens (including phenoxy) is 1. The summed E-state index contributed by atoms with van der Waals surface area (Å²) in [6, 6.07) is 13.8. The Morgan fingerprint density at radius 3 is 2.00 bits per heavy atom. The average molecular weight is 479 g/mol. The molecule has 180 valence electrons. The van der Waals surface area contributed by atoms with E-state index in [4.69, 9.17) is 10.5 Å². The maximum atomic E-state index is 13.1. The molecule has 0 fully saturated rings. The SMILES string of the molecule is NCC1CCc2cc(OCc3ccc(-c4cc(C(F)(F)F)cc(C(F)(F)F)c4)cc3)ccc2C1. The Morgan fingerprint density at radius 2 is 1.41 bits per heavy atom. The molecule has 0 amide bonds. The van der Waals surface area contributed by atoms with Crippen LogP contribution >= 0.6 is 0 Å². The lowest BCUT2D eigenvalue weighted by molar-refractivity contribution is -0.143. The summed E-state index contributed by atoms with van der Waals surface area (Å²) in [4.78, 5) is 0. The predicted octanol–water partition coefficient (Wildman–Crippen LogP) is 7.03. The van der Waals surface area contributed by atoms with Crippen molar-refractivity contribution in [1.29, 1.82) is 0 Å². The molecule has 0 saturated heterocycles. The standard InChI is InChI=1S/C26H23F6NO/c27-25(28,29)22-10-21(11-23(13-22)26(30,31)32)18-4-1-16(2-5-18)15-34-24-8-7-19-9-17(14-33)3-6-20(19)12-24/h1-2,4-5,7-8,10-13,17H,3,6,9,14-15,33H2. The minimum Gasteiger partial charge on any atom is -0.489 e. The van der Waals surface area contributed by atoms with Gasteiger partial charge in [-0.25, -0.2) is 0 Å². The van der Waals surface area contributed by atoms with Crippen molar-refractivity contribution in [1.82, 2.24) is 0 Å². The van der Waals surface area contributed by atoms with E-state index >= 15 is 0 Å². The topological polar surface area (TPSA) is 35.2 Å². The van der Waals surface area contributed by atoms with Crippen LogP contribution in [0.4, 0.5) is 26.3 Å². The largest absolute Gasteiger partial charge is 0.489 e. The Morgan fingerprint density at radius 1 is 0.765 bits per heavy atom. The van der Waals surface area contributed by atoms with Gasteiger partial charge in [-0.2, -0.15) is 26.3 Å². The maximum Gasteiger partial charge on any atom is 0.416 e. The van der Waals surface area contributed by atoms with Gasteiger partial charge in [-0.05, 0) is 89.9 Å². The fraction of sp³-hybridized carbons (Fsp3) is 0.308. The summed E-state index contributed by atoms with van der Waals surface area (Å²) in [7, 11) is 0. The van der Waals surface area contributed by atoms with Gasteiger partial charge in [0.25, 0.3) is 0 Å². The van der Waals surface area contributed by atoms with E-state index in [1.54, 1.807) is 12.1 Å². The summed E-state index contributed by atoms with van der Waals surface area (Å²) >= 11 is 0.